The van der Waals surface area contributed by atoms with E-state index in [4.69, 9.17) is 17.3 Å². The van der Waals surface area contributed by atoms with Crippen molar-refractivity contribution in [2.75, 3.05) is 13.6 Å². The van der Waals surface area contributed by atoms with Crippen molar-refractivity contribution in [3.8, 4) is 0 Å². The van der Waals surface area contributed by atoms with Crippen molar-refractivity contribution in [1.29, 1.82) is 0 Å². The quantitative estimate of drug-likeness (QED) is 0.905. The van der Waals surface area contributed by atoms with Gasteiger partial charge in [0.1, 0.15) is 0 Å². The van der Waals surface area contributed by atoms with E-state index >= 15 is 0 Å². The number of nitrogens with two attached hydrogens (primary N) is 1. The van der Waals surface area contributed by atoms with Gasteiger partial charge in [0.25, 0.3) is 0 Å². The number of nitrogens with zero attached hydrogens (tertiary/aromatic N) is 1. The molecular weight excluding hydrogens is 256 g/mol. The van der Waals surface area contributed by atoms with Gasteiger partial charge in [-0.25, -0.2) is 0 Å². The van der Waals surface area contributed by atoms with Gasteiger partial charge in [0.15, 0.2) is 0 Å². The fourth-order valence-corrected chi connectivity index (χ4v) is 2.32. The molecule has 2 aromatic carbocycles. The van der Waals surface area contributed by atoms with Crippen LogP contribution in [0.3, 0.4) is 0 Å². The summed E-state index contributed by atoms with van der Waals surface area (Å²) in [6.45, 7) is 1.61. The first kappa shape index (κ1) is 14.1. The summed E-state index contributed by atoms with van der Waals surface area (Å²) >= 11 is 6.16. The van der Waals surface area contributed by atoms with E-state index in [0.29, 0.717) is 0 Å². The monoisotopic (exact) mass is 274 g/mol. The van der Waals surface area contributed by atoms with Crippen molar-refractivity contribution in [3.05, 3.63) is 70.7 Å². The predicted molar refractivity (Wildman–Crippen MR) is 81.2 cm³/mol. The lowest BCUT2D eigenvalue weighted by molar-refractivity contribution is 0.305. The molecule has 2 N–H and O–H groups in total. The standard InChI is InChI=1S/C16H19ClN2/c1-19(11-14-9-5-6-10-15(14)17)12-16(18)13-7-3-2-4-8-13/h2-10,16H,11-12,18H2,1H3. The number of halogens is 1. The highest BCUT2D eigenvalue weighted by molar-refractivity contribution is 6.31. The molecule has 0 saturated heterocycles. The topological polar surface area (TPSA) is 29.3 Å². The Kier molecular flexibility index (Phi) is 4.97. The fourth-order valence-electron chi connectivity index (χ4n) is 2.12. The third-order valence-corrected chi connectivity index (χ3v) is 3.50. The molecule has 0 saturated carbocycles. The summed E-state index contributed by atoms with van der Waals surface area (Å²) in [5, 5.41) is 0.808. The molecule has 0 radical (unpaired) electrons. The number of hydrogen-bond donors (Lipinski definition) is 1. The van der Waals surface area contributed by atoms with Gasteiger partial charge < -0.3 is 10.6 Å². The van der Waals surface area contributed by atoms with Crippen molar-refractivity contribution < 1.29 is 0 Å². The van der Waals surface area contributed by atoms with Crippen LogP contribution in [0.1, 0.15) is 17.2 Å². The molecule has 0 bridgehead atoms. The largest absolute Gasteiger partial charge is 0.323 e. The van der Waals surface area contributed by atoms with Crippen LogP contribution in [0.5, 0.6) is 0 Å². The minimum Gasteiger partial charge on any atom is -0.323 e. The number of hydrogen-bond acceptors (Lipinski definition) is 2. The molecule has 2 rings (SSSR count). The van der Waals surface area contributed by atoms with Crippen molar-refractivity contribution in [2.24, 2.45) is 5.73 Å². The molecule has 0 heterocycles. The summed E-state index contributed by atoms with van der Waals surface area (Å²) < 4.78 is 0. The van der Waals surface area contributed by atoms with Crippen LogP contribution in [-0.4, -0.2) is 18.5 Å². The van der Waals surface area contributed by atoms with Crippen LogP contribution >= 0.6 is 11.6 Å². The SMILES string of the molecule is CN(Cc1ccccc1Cl)CC(N)c1ccccc1. The van der Waals surface area contributed by atoms with Gasteiger partial charge in [-0.05, 0) is 24.2 Å². The molecule has 1 unspecified atom stereocenters. The lowest BCUT2D eigenvalue weighted by Crippen LogP contribution is -2.28. The molecule has 2 nitrogen and oxygen atoms in total. The molecule has 0 aromatic heterocycles. The molecule has 100 valence electrons. The van der Waals surface area contributed by atoms with Crippen LogP contribution in [-0.2, 0) is 6.54 Å². The maximum Gasteiger partial charge on any atom is 0.0451 e. The van der Waals surface area contributed by atoms with Crippen LogP contribution in [0.2, 0.25) is 5.02 Å². The first-order chi connectivity index (χ1) is 9.16. The van der Waals surface area contributed by atoms with Gasteiger partial charge in [-0.15, -0.1) is 0 Å². The smallest absolute Gasteiger partial charge is 0.0451 e. The van der Waals surface area contributed by atoms with Crippen molar-refractivity contribution >= 4 is 11.6 Å². The van der Waals surface area contributed by atoms with Crippen molar-refractivity contribution in [3.63, 3.8) is 0 Å². The lowest BCUT2D eigenvalue weighted by atomic mass is 10.1. The van der Waals surface area contributed by atoms with E-state index in [9.17, 15) is 0 Å². The second kappa shape index (κ2) is 6.71. The average Bonchev–Trinajstić information content (AvgIpc) is 2.42. The number of likely N-dealkylation sites (N-methyl/N-ethyl adjacent to an activating group) is 1. The molecule has 0 spiro atoms. The Morgan fingerprint density at radius 1 is 1.05 bits per heavy atom. The van der Waals surface area contributed by atoms with E-state index in [-0.39, 0.29) is 6.04 Å². The Morgan fingerprint density at radius 3 is 2.37 bits per heavy atom. The van der Waals surface area contributed by atoms with Gasteiger partial charge in [0.05, 0.1) is 0 Å². The highest BCUT2D eigenvalue weighted by atomic mass is 35.5. The molecule has 1 atom stereocenters. The molecule has 0 amide bonds. The van der Waals surface area contributed by atoms with E-state index in [1.807, 2.05) is 42.5 Å². The molecule has 0 aliphatic heterocycles. The minimum atomic E-state index is 0.0219. The second-order valence-electron chi connectivity index (χ2n) is 4.81. The Morgan fingerprint density at radius 2 is 1.68 bits per heavy atom. The van der Waals surface area contributed by atoms with Crippen molar-refractivity contribution in [2.45, 2.75) is 12.6 Å². The molecule has 0 aliphatic carbocycles. The lowest BCUT2D eigenvalue weighted by Gasteiger charge is -2.22. The molecule has 19 heavy (non-hydrogen) atoms. The summed E-state index contributed by atoms with van der Waals surface area (Å²) in [5.74, 6) is 0. The molecular formula is C16H19ClN2. The summed E-state index contributed by atoms with van der Waals surface area (Å²) in [7, 11) is 2.06. The van der Waals surface area contributed by atoms with Gasteiger partial charge in [0.2, 0.25) is 0 Å². The molecule has 0 fully saturated rings. The van der Waals surface area contributed by atoms with E-state index in [0.717, 1.165) is 29.2 Å². The Hall–Kier alpha value is -1.35. The van der Waals surface area contributed by atoms with E-state index in [1.165, 1.54) is 0 Å². The zero-order chi connectivity index (χ0) is 13.7. The predicted octanol–water partition coefficient (Wildman–Crippen LogP) is 3.47. The second-order valence-corrected chi connectivity index (χ2v) is 5.21. The van der Waals surface area contributed by atoms with Gasteiger partial charge in [-0.2, -0.15) is 0 Å². The zero-order valence-corrected chi connectivity index (χ0v) is 11.8. The molecule has 3 heteroatoms. The normalized spacial score (nSPS) is 12.6. The highest BCUT2D eigenvalue weighted by Crippen LogP contribution is 2.18. The van der Waals surface area contributed by atoms with Crippen LogP contribution in [0, 0.1) is 0 Å². The number of rotatable bonds is 5. The first-order valence-electron chi connectivity index (χ1n) is 6.39. The van der Waals surface area contributed by atoms with E-state index in [2.05, 4.69) is 24.1 Å². The summed E-state index contributed by atoms with van der Waals surface area (Å²) in [5.41, 5.74) is 8.51. The molecule has 2 aromatic rings. The average molecular weight is 275 g/mol. The van der Waals surface area contributed by atoms with Gasteiger partial charge >= 0.3 is 0 Å². The van der Waals surface area contributed by atoms with Crippen LogP contribution < -0.4 is 5.73 Å². The van der Waals surface area contributed by atoms with Gasteiger partial charge in [0, 0.05) is 24.2 Å². The third kappa shape index (κ3) is 4.06. The Labute approximate surface area is 119 Å². The maximum atomic E-state index is 6.21. The highest BCUT2D eigenvalue weighted by Gasteiger charge is 2.10. The minimum absolute atomic E-state index is 0.0219. The summed E-state index contributed by atoms with van der Waals surface area (Å²) in [4.78, 5) is 2.19. The summed E-state index contributed by atoms with van der Waals surface area (Å²) in [6.07, 6.45) is 0. The third-order valence-electron chi connectivity index (χ3n) is 3.13. The van der Waals surface area contributed by atoms with Crippen LogP contribution in [0.4, 0.5) is 0 Å². The first-order valence-corrected chi connectivity index (χ1v) is 6.77. The fraction of sp³-hybridized carbons (Fsp3) is 0.250. The zero-order valence-electron chi connectivity index (χ0n) is 11.1. The van der Waals surface area contributed by atoms with E-state index in [1.54, 1.807) is 0 Å². The van der Waals surface area contributed by atoms with Crippen LogP contribution in [0.15, 0.2) is 54.6 Å². The van der Waals surface area contributed by atoms with Gasteiger partial charge in [-0.3, -0.25) is 0 Å². The maximum absolute atomic E-state index is 6.21. The Balaban J connectivity index is 1.95. The summed E-state index contributed by atoms with van der Waals surface area (Å²) in [6, 6.07) is 18.1. The van der Waals surface area contributed by atoms with E-state index < -0.39 is 0 Å². The molecule has 0 aliphatic rings. The van der Waals surface area contributed by atoms with Gasteiger partial charge in [-0.1, -0.05) is 60.1 Å². The number of benzene rings is 2. The van der Waals surface area contributed by atoms with Crippen LogP contribution in [0.25, 0.3) is 0 Å². The van der Waals surface area contributed by atoms with Crippen molar-refractivity contribution in [1.82, 2.24) is 4.90 Å². The Bertz CT molecular complexity index is 513.